The number of hydrogen-bond donors (Lipinski definition) is 3. The summed E-state index contributed by atoms with van der Waals surface area (Å²) in [4.78, 5) is 22.8. The van der Waals surface area contributed by atoms with Gasteiger partial charge in [0.1, 0.15) is 6.04 Å². The number of hydrogen-bond acceptors (Lipinski definition) is 3. The van der Waals surface area contributed by atoms with Gasteiger partial charge >= 0.3 is 12.0 Å². The molecule has 0 aliphatic rings. The molecule has 0 aliphatic carbocycles. The van der Waals surface area contributed by atoms with Crippen molar-refractivity contribution in [3.63, 3.8) is 0 Å². The number of urea groups is 1. The lowest BCUT2D eigenvalue weighted by Crippen LogP contribution is -2.43. The third kappa shape index (κ3) is 5.42. The van der Waals surface area contributed by atoms with Crippen LogP contribution in [0.2, 0.25) is 0 Å². The second-order valence-electron chi connectivity index (χ2n) is 4.23. The first kappa shape index (κ1) is 16.8. The maximum absolute atomic E-state index is 11.8. The predicted molar refractivity (Wildman–Crippen MR) is 85.5 cm³/mol. The van der Waals surface area contributed by atoms with Crippen LogP contribution in [0.4, 0.5) is 10.5 Å². The molecule has 0 saturated carbocycles. The quantitative estimate of drug-likeness (QED) is 0.728. The van der Waals surface area contributed by atoms with E-state index in [0.29, 0.717) is 17.9 Å². The number of benzene rings is 1. The molecular weight excluding hydrogens is 344 g/mol. The minimum Gasteiger partial charge on any atom is -0.480 e. The Morgan fingerprint density at radius 1 is 1.45 bits per heavy atom. The van der Waals surface area contributed by atoms with Gasteiger partial charge in [0.05, 0.1) is 0 Å². The van der Waals surface area contributed by atoms with Crippen molar-refractivity contribution in [3.05, 3.63) is 28.2 Å². The Hall–Kier alpha value is -1.21. The summed E-state index contributed by atoms with van der Waals surface area (Å²) in [5.74, 6) is -0.351. The van der Waals surface area contributed by atoms with Crippen LogP contribution < -0.4 is 10.6 Å². The Morgan fingerprint density at radius 2 is 2.15 bits per heavy atom. The second-order valence-corrected chi connectivity index (χ2v) is 6.07. The van der Waals surface area contributed by atoms with Crippen LogP contribution in [-0.4, -0.2) is 35.2 Å². The van der Waals surface area contributed by atoms with E-state index in [1.165, 1.54) is 0 Å². The predicted octanol–water partition coefficient (Wildman–Crippen LogP) is 3.09. The smallest absolute Gasteiger partial charge is 0.326 e. The first-order valence-electron chi connectivity index (χ1n) is 5.99. The minimum atomic E-state index is -1.03. The van der Waals surface area contributed by atoms with E-state index in [2.05, 4.69) is 26.6 Å². The van der Waals surface area contributed by atoms with Gasteiger partial charge in [-0.15, -0.1) is 0 Å². The molecule has 1 aromatic rings. The minimum absolute atomic E-state index is 0.392. The zero-order valence-electron chi connectivity index (χ0n) is 11.3. The van der Waals surface area contributed by atoms with Gasteiger partial charge in [-0.1, -0.05) is 15.9 Å². The number of halogens is 1. The molecule has 0 bridgehead atoms. The number of anilines is 1. The molecule has 0 radical (unpaired) electrons. The molecule has 5 nitrogen and oxygen atoms in total. The SMILES string of the molecule is CSCCC(NC(=O)Nc1ccc(Br)c(C)c1)C(=O)O. The number of carboxylic acids is 1. The largest absolute Gasteiger partial charge is 0.480 e. The van der Waals surface area contributed by atoms with Crippen molar-refractivity contribution in [3.8, 4) is 0 Å². The van der Waals surface area contributed by atoms with Crippen LogP contribution in [0.15, 0.2) is 22.7 Å². The lowest BCUT2D eigenvalue weighted by Gasteiger charge is -2.15. The molecule has 0 saturated heterocycles. The van der Waals surface area contributed by atoms with E-state index in [1.54, 1.807) is 23.9 Å². The molecular formula is C13H17BrN2O3S. The number of carboxylic acid groups (broad SMARTS) is 1. The highest BCUT2D eigenvalue weighted by Gasteiger charge is 2.19. The fourth-order valence-electron chi connectivity index (χ4n) is 1.54. The topological polar surface area (TPSA) is 78.4 Å². The molecule has 1 unspecified atom stereocenters. The molecule has 0 aromatic heterocycles. The van der Waals surface area contributed by atoms with Gasteiger partial charge < -0.3 is 15.7 Å². The Balaban J connectivity index is 2.60. The summed E-state index contributed by atoms with van der Waals surface area (Å²) >= 11 is 4.92. The number of thioether (sulfide) groups is 1. The lowest BCUT2D eigenvalue weighted by molar-refractivity contribution is -0.139. The van der Waals surface area contributed by atoms with E-state index < -0.39 is 18.0 Å². The maximum atomic E-state index is 11.8. The normalized spacial score (nSPS) is 11.8. The number of aryl methyl sites for hydroxylation is 1. The van der Waals surface area contributed by atoms with Gasteiger partial charge in [0.15, 0.2) is 0 Å². The number of nitrogens with one attached hydrogen (secondary N) is 2. The molecule has 0 aliphatic heterocycles. The van der Waals surface area contributed by atoms with Crippen molar-refractivity contribution in [1.82, 2.24) is 5.32 Å². The van der Waals surface area contributed by atoms with E-state index in [1.807, 2.05) is 19.2 Å². The third-order valence-electron chi connectivity index (χ3n) is 2.63. The Labute approximate surface area is 130 Å². The van der Waals surface area contributed by atoms with Gasteiger partial charge in [-0.25, -0.2) is 9.59 Å². The summed E-state index contributed by atoms with van der Waals surface area (Å²) in [5, 5.41) is 14.1. The molecule has 3 N–H and O–H groups in total. The van der Waals surface area contributed by atoms with Crippen molar-refractivity contribution >= 4 is 45.4 Å². The third-order valence-corrected chi connectivity index (χ3v) is 4.16. The molecule has 0 spiro atoms. The second kappa shape index (κ2) is 8.16. The zero-order valence-corrected chi connectivity index (χ0v) is 13.7. The van der Waals surface area contributed by atoms with Gasteiger partial charge in [-0.3, -0.25) is 0 Å². The average molecular weight is 361 g/mol. The first-order chi connectivity index (χ1) is 9.43. The van der Waals surface area contributed by atoms with Crippen molar-refractivity contribution in [1.29, 1.82) is 0 Å². The summed E-state index contributed by atoms with van der Waals surface area (Å²) in [7, 11) is 0. The number of aliphatic carboxylic acids is 1. The van der Waals surface area contributed by atoms with Crippen LogP contribution in [0, 0.1) is 6.92 Å². The van der Waals surface area contributed by atoms with E-state index in [9.17, 15) is 9.59 Å². The molecule has 2 amide bonds. The van der Waals surface area contributed by atoms with Gasteiger partial charge in [0.25, 0.3) is 0 Å². The molecule has 1 aromatic carbocycles. The summed E-state index contributed by atoms with van der Waals surface area (Å²) in [6.45, 7) is 1.91. The van der Waals surface area contributed by atoms with E-state index in [0.717, 1.165) is 10.0 Å². The Morgan fingerprint density at radius 3 is 2.70 bits per heavy atom. The van der Waals surface area contributed by atoms with Crippen LogP contribution in [0.1, 0.15) is 12.0 Å². The monoisotopic (exact) mass is 360 g/mol. The molecule has 0 fully saturated rings. The lowest BCUT2D eigenvalue weighted by atomic mass is 10.2. The molecule has 1 rings (SSSR count). The molecule has 7 heteroatoms. The van der Waals surface area contributed by atoms with Crippen LogP contribution in [0.25, 0.3) is 0 Å². The number of carbonyl (C=O) groups is 2. The van der Waals surface area contributed by atoms with Crippen molar-refractivity contribution in [2.24, 2.45) is 0 Å². The fourth-order valence-corrected chi connectivity index (χ4v) is 2.26. The van der Waals surface area contributed by atoms with Gasteiger partial charge in [-0.05, 0) is 49.1 Å². The molecule has 0 heterocycles. The zero-order chi connectivity index (χ0) is 15.1. The van der Waals surface area contributed by atoms with Crippen molar-refractivity contribution in [2.45, 2.75) is 19.4 Å². The van der Waals surface area contributed by atoms with E-state index in [-0.39, 0.29) is 0 Å². The summed E-state index contributed by atoms with van der Waals surface area (Å²) < 4.78 is 0.951. The van der Waals surface area contributed by atoms with Crippen molar-refractivity contribution < 1.29 is 14.7 Å². The Kier molecular flexibility index (Phi) is 6.87. The van der Waals surface area contributed by atoms with Gasteiger partial charge in [0.2, 0.25) is 0 Å². The standard InChI is InChI=1S/C13H17BrN2O3S/c1-8-7-9(3-4-10(8)14)15-13(19)16-11(12(17)18)5-6-20-2/h3-4,7,11H,5-6H2,1-2H3,(H,17,18)(H2,15,16,19). The molecule has 1 atom stereocenters. The highest BCUT2D eigenvalue weighted by Crippen LogP contribution is 2.19. The summed E-state index contributed by atoms with van der Waals surface area (Å²) in [6, 6.07) is 3.99. The number of amides is 2. The Bertz CT molecular complexity index is 497. The van der Waals surface area contributed by atoms with Crippen LogP contribution in [0.5, 0.6) is 0 Å². The van der Waals surface area contributed by atoms with Crippen LogP contribution in [0.3, 0.4) is 0 Å². The molecule has 110 valence electrons. The summed E-state index contributed by atoms with van der Waals surface area (Å²) in [5.41, 5.74) is 1.61. The average Bonchev–Trinajstić information content (AvgIpc) is 2.38. The number of carbonyl (C=O) groups excluding carboxylic acids is 1. The fraction of sp³-hybridized carbons (Fsp3) is 0.385. The van der Waals surface area contributed by atoms with Crippen LogP contribution in [-0.2, 0) is 4.79 Å². The molecule has 20 heavy (non-hydrogen) atoms. The maximum Gasteiger partial charge on any atom is 0.326 e. The van der Waals surface area contributed by atoms with Gasteiger partial charge in [0, 0.05) is 10.2 Å². The highest BCUT2D eigenvalue weighted by atomic mass is 79.9. The number of rotatable bonds is 6. The highest BCUT2D eigenvalue weighted by molar-refractivity contribution is 9.10. The van der Waals surface area contributed by atoms with E-state index >= 15 is 0 Å². The van der Waals surface area contributed by atoms with Gasteiger partial charge in [-0.2, -0.15) is 11.8 Å². The first-order valence-corrected chi connectivity index (χ1v) is 8.18. The van der Waals surface area contributed by atoms with Crippen LogP contribution >= 0.6 is 27.7 Å². The van der Waals surface area contributed by atoms with E-state index in [4.69, 9.17) is 5.11 Å². The summed E-state index contributed by atoms with van der Waals surface area (Å²) in [6.07, 6.45) is 2.28. The van der Waals surface area contributed by atoms with Crippen molar-refractivity contribution in [2.75, 3.05) is 17.3 Å².